The number of nitrogens with two attached hydrogens (primary N) is 1. The largest absolute Gasteiger partial charge is 0.330 e. The van der Waals surface area contributed by atoms with Crippen molar-refractivity contribution in [2.24, 2.45) is 11.1 Å². The zero-order valence-electron chi connectivity index (χ0n) is 13.4. The Hall–Kier alpha value is -0.820. The van der Waals surface area contributed by atoms with E-state index >= 15 is 0 Å². The molecule has 0 radical (unpaired) electrons. The molecule has 0 unspecified atom stereocenters. The van der Waals surface area contributed by atoms with Gasteiger partial charge in [-0.15, -0.1) is 0 Å². The highest BCUT2D eigenvalue weighted by Gasteiger charge is 2.26. The summed E-state index contributed by atoms with van der Waals surface area (Å²) in [7, 11) is 0. The molecule has 1 rings (SSSR count). The van der Waals surface area contributed by atoms with Gasteiger partial charge in [0.2, 0.25) is 0 Å². The van der Waals surface area contributed by atoms with Crippen LogP contribution in [0.2, 0.25) is 0 Å². The smallest absolute Gasteiger partial charge is 0.00772 e. The second kappa shape index (κ2) is 6.56. The van der Waals surface area contributed by atoms with E-state index in [4.69, 9.17) is 5.73 Å². The van der Waals surface area contributed by atoms with E-state index in [9.17, 15) is 0 Å². The zero-order valence-corrected chi connectivity index (χ0v) is 13.4. The minimum atomic E-state index is 0.244. The topological polar surface area (TPSA) is 26.0 Å². The summed E-state index contributed by atoms with van der Waals surface area (Å²) in [5, 5.41) is 0. The predicted molar refractivity (Wildman–Crippen MR) is 85.5 cm³/mol. The summed E-state index contributed by atoms with van der Waals surface area (Å²) >= 11 is 0. The molecule has 1 aromatic carbocycles. The lowest BCUT2D eigenvalue weighted by Crippen LogP contribution is -2.24. The van der Waals surface area contributed by atoms with Crippen LogP contribution in [-0.2, 0) is 11.8 Å². The Morgan fingerprint density at radius 1 is 0.895 bits per heavy atom. The molecule has 1 nitrogen and oxygen atoms in total. The van der Waals surface area contributed by atoms with Gasteiger partial charge >= 0.3 is 0 Å². The van der Waals surface area contributed by atoms with Crippen molar-refractivity contribution in [1.29, 1.82) is 0 Å². The van der Waals surface area contributed by atoms with Gasteiger partial charge in [-0.2, -0.15) is 0 Å². The van der Waals surface area contributed by atoms with Gasteiger partial charge in [-0.3, -0.25) is 0 Å². The van der Waals surface area contributed by atoms with Crippen LogP contribution in [0.25, 0.3) is 0 Å². The van der Waals surface area contributed by atoms with Gasteiger partial charge in [-0.25, -0.2) is 0 Å². The van der Waals surface area contributed by atoms with Crippen LogP contribution >= 0.6 is 0 Å². The van der Waals surface area contributed by atoms with Crippen molar-refractivity contribution in [2.45, 2.75) is 65.7 Å². The quantitative estimate of drug-likeness (QED) is 0.739. The summed E-state index contributed by atoms with van der Waals surface area (Å²) in [5.41, 5.74) is 9.02. The Morgan fingerprint density at radius 2 is 1.47 bits per heavy atom. The molecule has 0 amide bonds. The van der Waals surface area contributed by atoms with Crippen LogP contribution in [0, 0.1) is 5.41 Å². The highest BCUT2D eigenvalue weighted by molar-refractivity contribution is 5.28. The van der Waals surface area contributed by atoms with E-state index in [1.807, 2.05) is 0 Å². The number of hydrogen-bond donors (Lipinski definition) is 1. The number of aryl methyl sites for hydroxylation is 1. The first-order valence-corrected chi connectivity index (χ1v) is 7.54. The first-order chi connectivity index (χ1) is 8.74. The fraction of sp³-hybridized carbons (Fsp3) is 0.667. The van der Waals surface area contributed by atoms with E-state index in [2.05, 4.69) is 58.9 Å². The highest BCUT2D eigenvalue weighted by Crippen LogP contribution is 2.36. The van der Waals surface area contributed by atoms with E-state index in [0.717, 1.165) is 19.4 Å². The molecule has 19 heavy (non-hydrogen) atoms. The molecule has 1 aromatic rings. The van der Waals surface area contributed by atoms with Crippen molar-refractivity contribution in [3.8, 4) is 0 Å². The maximum atomic E-state index is 5.53. The third kappa shape index (κ3) is 5.78. The van der Waals surface area contributed by atoms with Gasteiger partial charge in [-0.1, -0.05) is 58.9 Å². The molecule has 0 heterocycles. The Labute approximate surface area is 119 Å². The fourth-order valence-corrected chi connectivity index (χ4v) is 3.02. The number of benzene rings is 1. The average molecular weight is 261 g/mol. The van der Waals surface area contributed by atoms with Gasteiger partial charge in [0.25, 0.3) is 0 Å². The Morgan fingerprint density at radius 3 is 1.95 bits per heavy atom. The molecule has 0 aliphatic rings. The molecule has 0 aliphatic heterocycles. The fourth-order valence-electron chi connectivity index (χ4n) is 3.02. The van der Waals surface area contributed by atoms with Crippen molar-refractivity contribution in [1.82, 2.24) is 0 Å². The molecule has 0 bridgehead atoms. The summed E-state index contributed by atoms with van der Waals surface area (Å²) < 4.78 is 0. The first kappa shape index (κ1) is 16.2. The van der Waals surface area contributed by atoms with Crippen molar-refractivity contribution in [3.05, 3.63) is 35.4 Å². The molecule has 0 spiro atoms. The van der Waals surface area contributed by atoms with Crippen LogP contribution in [0.15, 0.2) is 24.3 Å². The first-order valence-electron chi connectivity index (χ1n) is 7.54. The molecule has 0 aliphatic carbocycles. The molecule has 0 saturated carbocycles. The van der Waals surface area contributed by atoms with E-state index in [1.165, 1.54) is 24.0 Å². The van der Waals surface area contributed by atoms with Crippen LogP contribution in [0.4, 0.5) is 0 Å². The minimum Gasteiger partial charge on any atom is -0.330 e. The monoisotopic (exact) mass is 261 g/mol. The summed E-state index contributed by atoms with van der Waals surface area (Å²) in [6.45, 7) is 12.4. The molecule has 0 aromatic heterocycles. The number of rotatable bonds is 6. The van der Waals surface area contributed by atoms with Crippen molar-refractivity contribution in [2.75, 3.05) is 6.54 Å². The second-order valence-electron chi connectivity index (χ2n) is 7.56. The maximum Gasteiger partial charge on any atom is -0.00772 e. The summed E-state index contributed by atoms with van der Waals surface area (Å²) in [4.78, 5) is 0. The third-order valence-corrected chi connectivity index (χ3v) is 3.63. The van der Waals surface area contributed by atoms with Gasteiger partial charge in [0.15, 0.2) is 0 Å². The molecular weight excluding hydrogens is 230 g/mol. The summed E-state index contributed by atoms with van der Waals surface area (Å²) in [5.74, 6) is 0. The lowest BCUT2D eigenvalue weighted by Gasteiger charge is -2.33. The molecule has 0 fully saturated rings. The van der Waals surface area contributed by atoms with Crippen LogP contribution in [0.1, 0.15) is 65.0 Å². The lowest BCUT2D eigenvalue weighted by atomic mass is 9.72. The van der Waals surface area contributed by atoms with Crippen LogP contribution in [-0.4, -0.2) is 6.54 Å². The molecule has 2 N–H and O–H groups in total. The summed E-state index contributed by atoms with van der Waals surface area (Å²) in [6.07, 6.45) is 4.67. The maximum absolute atomic E-state index is 5.53. The third-order valence-electron chi connectivity index (χ3n) is 3.63. The van der Waals surface area contributed by atoms with Crippen LogP contribution in [0.3, 0.4) is 0 Å². The molecule has 0 atom stereocenters. The molecule has 1 heteroatoms. The van der Waals surface area contributed by atoms with Crippen molar-refractivity contribution >= 4 is 0 Å². The zero-order chi connectivity index (χ0) is 14.5. The average Bonchev–Trinajstić information content (AvgIpc) is 2.27. The lowest BCUT2D eigenvalue weighted by molar-refractivity contribution is 0.284. The van der Waals surface area contributed by atoms with E-state index in [0.29, 0.717) is 5.41 Å². The van der Waals surface area contributed by atoms with E-state index in [1.54, 1.807) is 0 Å². The number of hydrogen-bond acceptors (Lipinski definition) is 1. The minimum absolute atomic E-state index is 0.244. The van der Waals surface area contributed by atoms with Crippen LogP contribution in [0.5, 0.6) is 0 Å². The van der Waals surface area contributed by atoms with E-state index in [-0.39, 0.29) is 5.41 Å². The highest BCUT2D eigenvalue weighted by atomic mass is 14.5. The van der Waals surface area contributed by atoms with Gasteiger partial charge in [0.05, 0.1) is 0 Å². The standard InChI is InChI=1S/C18H31N/c1-17(2,3)14-18(4,5)16-11-9-15(10-12-16)8-6-7-13-19/h9-12H,6-8,13-14,19H2,1-5H3. The normalized spacial score (nSPS) is 12.7. The van der Waals surface area contributed by atoms with Crippen LogP contribution < -0.4 is 5.73 Å². The Kier molecular flexibility index (Phi) is 5.61. The summed E-state index contributed by atoms with van der Waals surface area (Å²) in [6, 6.07) is 9.19. The van der Waals surface area contributed by atoms with Gasteiger partial charge in [0, 0.05) is 0 Å². The van der Waals surface area contributed by atoms with E-state index < -0.39 is 0 Å². The SMILES string of the molecule is CC(C)(C)CC(C)(C)c1ccc(CCCCN)cc1. The molecule has 0 saturated heterocycles. The van der Waals surface area contributed by atoms with Gasteiger partial charge in [0.1, 0.15) is 0 Å². The Bertz CT molecular complexity index is 368. The van der Waals surface area contributed by atoms with Crippen molar-refractivity contribution < 1.29 is 0 Å². The van der Waals surface area contributed by atoms with Gasteiger partial charge in [-0.05, 0) is 54.2 Å². The number of unbranched alkanes of at least 4 members (excludes halogenated alkanes) is 1. The van der Waals surface area contributed by atoms with Gasteiger partial charge < -0.3 is 5.73 Å². The van der Waals surface area contributed by atoms with Crippen molar-refractivity contribution in [3.63, 3.8) is 0 Å². The predicted octanol–water partition coefficient (Wildman–Crippen LogP) is 4.68. The second-order valence-corrected chi connectivity index (χ2v) is 7.56. The molecule has 108 valence electrons. The molecular formula is C18H31N. The Balaban J connectivity index is 2.69.